The van der Waals surface area contributed by atoms with E-state index in [0.29, 0.717) is 5.92 Å². The summed E-state index contributed by atoms with van der Waals surface area (Å²) in [5.41, 5.74) is 0. The first-order chi connectivity index (χ1) is 7.34. The van der Waals surface area contributed by atoms with E-state index in [1.807, 2.05) is 6.08 Å². The molecule has 1 fully saturated rings. The summed E-state index contributed by atoms with van der Waals surface area (Å²) in [5, 5.41) is 10.1. The highest BCUT2D eigenvalue weighted by Crippen LogP contribution is 2.26. The fraction of sp³-hybridized carbons (Fsp3) is 0.857. The zero-order valence-electron chi connectivity index (χ0n) is 9.96. The molecule has 1 aliphatic carbocycles. The van der Waals surface area contributed by atoms with Gasteiger partial charge >= 0.3 is 0 Å². The average Bonchev–Trinajstić information content (AvgIpc) is 2.17. The van der Waals surface area contributed by atoms with Gasteiger partial charge in [0.1, 0.15) is 0 Å². The lowest BCUT2D eigenvalue weighted by atomic mass is 9.85. The molecule has 88 valence electrons. The van der Waals surface area contributed by atoms with Crippen LogP contribution in [0, 0.1) is 5.92 Å². The number of aliphatic hydroxyl groups excluding tert-OH is 1. The van der Waals surface area contributed by atoms with Crippen molar-refractivity contribution in [2.45, 2.75) is 70.3 Å². The Balaban J connectivity index is 2.21. The van der Waals surface area contributed by atoms with Crippen molar-refractivity contribution in [2.24, 2.45) is 5.92 Å². The van der Waals surface area contributed by atoms with Crippen LogP contribution in [0.3, 0.4) is 0 Å². The van der Waals surface area contributed by atoms with Crippen molar-refractivity contribution in [1.29, 1.82) is 0 Å². The molecule has 1 aliphatic rings. The number of aliphatic hydroxyl groups is 1. The van der Waals surface area contributed by atoms with Crippen molar-refractivity contribution >= 4 is 0 Å². The van der Waals surface area contributed by atoms with Crippen LogP contribution in [0.2, 0.25) is 0 Å². The monoisotopic (exact) mass is 210 g/mol. The minimum atomic E-state index is -0.0527. The first kappa shape index (κ1) is 12.8. The fourth-order valence-corrected chi connectivity index (χ4v) is 2.58. The summed E-state index contributed by atoms with van der Waals surface area (Å²) in [6, 6.07) is 0. The van der Waals surface area contributed by atoms with Gasteiger partial charge in [-0.1, -0.05) is 38.2 Å². The Hall–Kier alpha value is -0.300. The van der Waals surface area contributed by atoms with Crippen LogP contribution in [0.1, 0.15) is 64.2 Å². The van der Waals surface area contributed by atoms with Gasteiger partial charge in [0.05, 0.1) is 6.10 Å². The van der Waals surface area contributed by atoms with Crippen molar-refractivity contribution in [2.75, 3.05) is 0 Å². The second kappa shape index (κ2) is 7.92. The van der Waals surface area contributed by atoms with Crippen molar-refractivity contribution in [3.05, 3.63) is 12.7 Å². The summed E-state index contributed by atoms with van der Waals surface area (Å²) in [6.45, 7) is 3.72. The minimum absolute atomic E-state index is 0.0527. The molecule has 1 rings (SSSR count). The quantitative estimate of drug-likeness (QED) is 0.536. The molecular formula is C14H26O. The molecule has 0 aromatic rings. The SMILES string of the molecule is C=CCCCC(O)C1CCCCCCC1. The Morgan fingerprint density at radius 1 is 1.13 bits per heavy atom. The van der Waals surface area contributed by atoms with Crippen LogP contribution in [0.25, 0.3) is 0 Å². The lowest BCUT2D eigenvalue weighted by molar-refractivity contribution is 0.0816. The predicted molar refractivity (Wildman–Crippen MR) is 65.9 cm³/mol. The van der Waals surface area contributed by atoms with E-state index in [-0.39, 0.29) is 6.10 Å². The van der Waals surface area contributed by atoms with Crippen LogP contribution >= 0.6 is 0 Å². The summed E-state index contributed by atoms with van der Waals surface area (Å²) >= 11 is 0. The van der Waals surface area contributed by atoms with Gasteiger partial charge in [0.25, 0.3) is 0 Å². The van der Waals surface area contributed by atoms with Gasteiger partial charge in [-0.15, -0.1) is 6.58 Å². The van der Waals surface area contributed by atoms with Gasteiger partial charge in [-0.2, -0.15) is 0 Å². The highest BCUT2D eigenvalue weighted by Gasteiger charge is 2.19. The van der Waals surface area contributed by atoms with Gasteiger partial charge in [0, 0.05) is 0 Å². The summed E-state index contributed by atoms with van der Waals surface area (Å²) in [5.74, 6) is 0.579. The summed E-state index contributed by atoms with van der Waals surface area (Å²) < 4.78 is 0. The molecule has 1 N–H and O–H groups in total. The van der Waals surface area contributed by atoms with Gasteiger partial charge in [-0.05, 0) is 38.0 Å². The molecular weight excluding hydrogens is 184 g/mol. The topological polar surface area (TPSA) is 20.2 Å². The molecule has 0 aromatic carbocycles. The molecule has 0 saturated heterocycles. The Morgan fingerprint density at radius 3 is 2.33 bits per heavy atom. The molecule has 0 bridgehead atoms. The van der Waals surface area contributed by atoms with Gasteiger partial charge < -0.3 is 5.11 Å². The Kier molecular flexibility index (Phi) is 6.74. The third kappa shape index (κ3) is 5.36. The molecule has 1 nitrogen and oxygen atoms in total. The molecule has 0 amide bonds. The van der Waals surface area contributed by atoms with Crippen LogP contribution < -0.4 is 0 Å². The molecule has 0 spiro atoms. The van der Waals surface area contributed by atoms with E-state index in [4.69, 9.17) is 0 Å². The van der Waals surface area contributed by atoms with Crippen LogP contribution in [0.15, 0.2) is 12.7 Å². The number of allylic oxidation sites excluding steroid dienone is 1. The van der Waals surface area contributed by atoms with Crippen LogP contribution in [-0.4, -0.2) is 11.2 Å². The number of hydrogen-bond acceptors (Lipinski definition) is 1. The minimum Gasteiger partial charge on any atom is -0.393 e. The normalized spacial score (nSPS) is 21.7. The van der Waals surface area contributed by atoms with Crippen molar-refractivity contribution in [1.82, 2.24) is 0 Å². The number of hydrogen-bond donors (Lipinski definition) is 1. The largest absolute Gasteiger partial charge is 0.393 e. The molecule has 1 unspecified atom stereocenters. The molecule has 0 aliphatic heterocycles. The van der Waals surface area contributed by atoms with Crippen molar-refractivity contribution in [3.63, 3.8) is 0 Å². The standard InChI is InChI=1S/C14H26O/c1-2-3-7-12-14(15)13-10-8-5-4-6-9-11-13/h2,13-15H,1,3-12H2. The Bertz CT molecular complexity index is 157. The first-order valence-electron chi connectivity index (χ1n) is 6.63. The van der Waals surface area contributed by atoms with E-state index in [9.17, 15) is 5.11 Å². The molecule has 1 saturated carbocycles. The zero-order valence-corrected chi connectivity index (χ0v) is 9.96. The van der Waals surface area contributed by atoms with E-state index in [1.165, 1.54) is 44.9 Å². The second-order valence-electron chi connectivity index (χ2n) is 4.89. The van der Waals surface area contributed by atoms with Gasteiger partial charge in [-0.25, -0.2) is 0 Å². The molecule has 1 atom stereocenters. The highest BCUT2D eigenvalue weighted by molar-refractivity contribution is 4.73. The lowest BCUT2D eigenvalue weighted by Crippen LogP contribution is -2.21. The summed E-state index contributed by atoms with van der Waals surface area (Å²) in [6.07, 6.45) is 14.3. The van der Waals surface area contributed by atoms with Crippen molar-refractivity contribution in [3.8, 4) is 0 Å². The van der Waals surface area contributed by atoms with E-state index in [0.717, 1.165) is 19.3 Å². The average molecular weight is 210 g/mol. The summed E-state index contributed by atoms with van der Waals surface area (Å²) in [7, 11) is 0. The van der Waals surface area contributed by atoms with Crippen LogP contribution in [-0.2, 0) is 0 Å². The van der Waals surface area contributed by atoms with Crippen LogP contribution in [0.5, 0.6) is 0 Å². The van der Waals surface area contributed by atoms with E-state index < -0.39 is 0 Å². The first-order valence-corrected chi connectivity index (χ1v) is 6.63. The predicted octanol–water partition coefficient (Wildman–Crippen LogP) is 4.06. The Morgan fingerprint density at radius 2 is 1.73 bits per heavy atom. The highest BCUT2D eigenvalue weighted by atomic mass is 16.3. The van der Waals surface area contributed by atoms with Crippen LogP contribution in [0.4, 0.5) is 0 Å². The van der Waals surface area contributed by atoms with Gasteiger partial charge in [0.2, 0.25) is 0 Å². The molecule has 1 heteroatoms. The lowest BCUT2D eigenvalue weighted by Gasteiger charge is -2.24. The maximum absolute atomic E-state index is 10.1. The maximum Gasteiger partial charge on any atom is 0.0568 e. The van der Waals surface area contributed by atoms with E-state index >= 15 is 0 Å². The van der Waals surface area contributed by atoms with Crippen molar-refractivity contribution < 1.29 is 5.11 Å². The second-order valence-corrected chi connectivity index (χ2v) is 4.89. The molecule has 0 radical (unpaired) electrons. The fourth-order valence-electron chi connectivity index (χ4n) is 2.58. The van der Waals surface area contributed by atoms with E-state index in [1.54, 1.807) is 0 Å². The molecule has 15 heavy (non-hydrogen) atoms. The molecule has 0 heterocycles. The smallest absolute Gasteiger partial charge is 0.0568 e. The number of unbranched alkanes of at least 4 members (excludes halogenated alkanes) is 1. The third-order valence-electron chi connectivity index (χ3n) is 3.60. The Labute approximate surface area is 94.6 Å². The number of rotatable bonds is 5. The zero-order chi connectivity index (χ0) is 10.9. The maximum atomic E-state index is 10.1. The van der Waals surface area contributed by atoms with Gasteiger partial charge in [0.15, 0.2) is 0 Å². The van der Waals surface area contributed by atoms with E-state index in [2.05, 4.69) is 6.58 Å². The molecule has 0 aromatic heterocycles. The third-order valence-corrected chi connectivity index (χ3v) is 3.60. The summed E-state index contributed by atoms with van der Waals surface area (Å²) in [4.78, 5) is 0. The van der Waals surface area contributed by atoms with Gasteiger partial charge in [-0.3, -0.25) is 0 Å².